The first-order valence-corrected chi connectivity index (χ1v) is 7.02. The second-order valence-electron chi connectivity index (χ2n) is 7.34. The van der Waals surface area contributed by atoms with Crippen molar-refractivity contribution in [2.24, 2.45) is 0 Å². The van der Waals surface area contributed by atoms with E-state index < -0.39 is 0 Å². The number of phenols is 1. The first-order chi connectivity index (χ1) is 9.06. The first-order valence-electron chi connectivity index (χ1n) is 7.02. The minimum absolute atomic E-state index is 0.0304. The Morgan fingerprint density at radius 2 is 1.55 bits per heavy atom. The van der Waals surface area contributed by atoms with Crippen LogP contribution < -0.4 is 4.74 Å². The molecule has 20 heavy (non-hydrogen) atoms. The van der Waals surface area contributed by atoms with Crippen LogP contribution in [0.3, 0.4) is 0 Å². The van der Waals surface area contributed by atoms with Gasteiger partial charge in [-0.15, -0.1) is 0 Å². The summed E-state index contributed by atoms with van der Waals surface area (Å²) in [5.74, 6) is 1.17. The number of ether oxygens (including phenoxy) is 1. The summed E-state index contributed by atoms with van der Waals surface area (Å²) in [6, 6.07) is 9.68. The van der Waals surface area contributed by atoms with Crippen LogP contribution in [0, 0.1) is 0 Å². The highest BCUT2D eigenvalue weighted by molar-refractivity contribution is 5.89. The molecular weight excluding hydrogens is 248 g/mol. The standard InChI is InChI=1S/C18H24O2/c1-17(2,3)16-10-13(19)9-12-7-8-14(11-15(12)16)20-18(4,5)6/h7-11,19H,1-6H3. The Morgan fingerprint density at radius 3 is 2.10 bits per heavy atom. The van der Waals surface area contributed by atoms with Gasteiger partial charge in [0.1, 0.15) is 17.1 Å². The third-order valence-corrected chi connectivity index (χ3v) is 3.14. The van der Waals surface area contributed by atoms with E-state index in [9.17, 15) is 5.11 Å². The normalized spacial score (nSPS) is 12.7. The van der Waals surface area contributed by atoms with Gasteiger partial charge < -0.3 is 9.84 Å². The third kappa shape index (κ3) is 3.24. The molecule has 0 fully saturated rings. The fourth-order valence-electron chi connectivity index (χ4n) is 2.36. The molecule has 0 saturated carbocycles. The van der Waals surface area contributed by atoms with Gasteiger partial charge in [-0.25, -0.2) is 0 Å². The zero-order chi connectivity index (χ0) is 15.1. The van der Waals surface area contributed by atoms with Crippen molar-refractivity contribution in [3.63, 3.8) is 0 Å². The van der Waals surface area contributed by atoms with Crippen LogP contribution in [0.4, 0.5) is 0 Å². The van der Waals surface area contributed by atoms with Gasteiger partial charge in [0.15, 0.2) is 0 Å². The minimum Gasteiger partial charge on any atom is -0.508 e. The summed E-state index contributed by atoms with van der Waals surface area (Å²) in [6.07, 6.45) is 0. The van der Waals surface area contributed by atoms with Crippen LogP contribution >= 0.6 is 0 Å². The smallest absolute Gasteiger partial charge is 0.120 e. The van der Waals surface area contributed by atoms with E-state index in [0.717, 1.165) is 22.1 Å². The maximum Gasteiger partial charge on any atom is 0.120 e. The quantitative estimate of drug-likeness (QED) is 0.789. The molecule has 2 heteroatoms. The molecule has 0 aromatic heterocycles. The van der Waals surface area contributed by atoms with E-state index in [-0.39, 0.29) is 11.0 Å². The SMILES string of the molecule is CC(C)(C)Oc1ccc2cc(O)cc(C(C)(C)C)c2c1. The predicted molar refractivity (Wildman–Crippen MR) is 84.7 cm³/mol. The number of fused-ring (bicyclic) bond motifs is 1. The Kier molecular flexibility index (Phi) is 3.45. The van der Waals surface area contributed by atoms with Crippen LogP contribution in [0.5, 0.6) is 11.5 Å². The lowest BCUT2D eigenvalue weighted by Gasteiger charge is -2.24. The van der Waals surface area contributed by atoms with Crippen LogP contribution in [0.15, 0.2) is 30.3 Å². The van der Waals surface area contributed by atoms with Gasteiger partial charge in [0.2, 0.25) is 0 Å². The maximum absolute atomic E-state index is 9.90. The lowest BCUT2D eigenvalue weighted by Crippen LogP contribution is -2.22. The Labute approximate surface area is 121 Å². The molecular formula is C18H24O2. The molecule has 0 spiro atoms. The molecule has 0 aliphatic carbocycles. The van der Waals surface area contributed by atoms with E-state index in [2.05, 4.69) is 26.8 Å². The summed E-state index contributed by atoms with van der Waals surface area (Å²) in [7, 11) is 0. The lowest BCUT2D eigenvalue weighted by molar-refractivity contribution is 0.131. The van der Waals surface area contributed by atoms with Gasteiger partial charge >= 0.3 is 0 Å². The van der Waals surface area contributed by atoms with Gasteiger partial charge in [-0.2, -0.15) is 0 Å². The summed E-state index contributed by atoms with van der Waals surface area (Å²) in [5, 5.41) is 12.1. The Bertz CT molecular complexity index is 628. The molecule has 0 radical (unpaired) electrons. The van der Waals surface area contributed by atoms with Crippen LogP contribution in [-0.2, 0) is 5.41 Å². The topological polar surface area (TPSA) is 29.5 Å². The fraction of sp³-hybridized carbons (Fsp3) is 0.444. The van der Waals surface area contributed by atoms with Crippen molar-refractivity contribution in [1.29, 1.82) is 0 Å². The van der Waals surface area contributed by atoms with Gasteiger partial charge in [0.25, 0.3) is 0 Å². The zero-order valence-corrected chi connectivity index (χ0v) is 13.2. The van der Waals surface area contributed by atoms with E-state index >= 15 is 0 Å². The first kappa shape index (κ1) is 14.7. The summed E-state index contributed by atoms with van der Waals surface area (Å²) >= 11 is 0. The number of aromatic hydroxyl groups is 1. The maximum atomic E-state index is 9.90. The van der Waals surface area contributed by atoms with Gasteiger partial charge in [-0.3, -0.25) is 0 Å². The molecule has 2 rings (SSSR count). The van der Waals surface area contributed by atoms with E-state index in [4.69, 9.17) is 4.74 Å². The predicted octanol–water partition coefficient (Wildman–Crippen LogP) is 5.02. The van der Waals surface area contributed by atoms with E-state index in [0.29, 0.717) is 5.75 Å². The van der Waals surface area contributed by atoms with Crippen molar-refractivity contribution in [2.45, 2.75) is 52.6 Å². The molecule has 2 aromatic rings. The summed E-state index contributed by atoms with van der Waals surface area (Å²) in [4.78, 5) is 0. The lowest BCUT2D eigenvalue weighted by atomic mass is 9.83. The van der Waals surface area contributed by atoms with Crippen molar-refractivity contribution < 1.29 is 9.84 Å². The molecule has 2 aromatic carbocycles. The molecule has 0 bridgehead atoms. The minimum atomic E-state index is -0.216. The van der Waals surface area contributed by atoms with Crippen molar-refractivity contribution in [3.05, 3.63) is 35.9 Å². The average molecular weight is 272 g/mol. The largest absolute Gasteiger partial charge is 0.508 e. The molecule has 0 amide bonds. The highest BCUT2D eigenvalue weighted by Crippen LogP contribution is 2.35. The van der Waals surface area contributed by atoms with E-state index in [1.54, 1.807) is 6.07 Å². The zero-order valence-electron chi connectivity index (χ0n) is 13.2. The van der Waals surface area contributed by atoms with Crippen molar-refractivity contribution in [1.82, 2.24) is 0 Å². The third-order valence-electron chi connectivity index (χ3n) is 3.14. The molecule has 0 unspecified atom stereocenters. The number of hydrogen-bond acceptors (Lipinski definition) is 2. The number of hydrogen-bond donors (Lipinski definition) is 1. The second kappa shape index (κ2) is 4.69. The van der Waals surface area contributed by atoms with Gasteiger partial charge in [-0.1, -0.05) is 26.8 Å². The molecule has 0 aliphatic rings. The highest BCUT2D eigenvalue weighted by atomic mass is 16.5. The molecule has 0 atom stereocenters. The average Bonchev–Trinajstić information content (AvgIpc) is 2.25. The summed E-state index contributed by atoms with van der Waals surface area (Å²) < 4.78 is 5.95. The molecule has 2 nitrogen and oxygen atoms in total. The molecule has 1 N–H and O–H groups in total. The summed E-state index contributed by atoms with van der Waals surface area (Å²) in [5.41, 5.74) is 0.885. The van der Waals surface area contributed by atoms with Crippen LogP contribution in [0.1, 0.15) is 47.1 Å². The van der Waals surface area contributed by atoms with Crippen LogP contribution in [0.2, 0.25) is 0 Å². The molecule has 0 heterocycles. The van der Waals surface area contributed by atoms with E-state index in [1.165, 1.54) is 0 Å². The fourth-order valence-corrected chi connectivity index (χ4v) is 2.36. The summed E-state index contributed by atoms with van der Waals surface area (Å²) in [6.45, 7) is 12.6. The van der Waals surface area contributed by atoms with Gasteiger partial charge in [0.05, 0.1) is 0 Å². The van der Waals surface area contributed by atoms with Gasteiger partial charge in [0, 0.05) is 0 Å². The van der Waals surface area contributed by atoms with Gasteiger partial charge in [-0.05, 0) is 66.8 Å². The number of benzene rings is 2. The van der Waals surface area contributed by atoms with Crippen LogP contribution in [0.25, 0.3) is 10.8 Å². The van der Waals surface area contributed by atoms with E-state index in [1.807, 2.05) is 39.0 Å². The van der Waals surface area contributed by atoms with Crippen molar-refractivity contribution >= 4 is 10.8 Å². The number of phenolic OH excluding ortho intramolecular Hbond substituents is 1. The Hall–Kier alpha value is -1.70. The Morgan fingerprint density at radius 1 is 0.900 bits per heavy atom. The highest BCUT2D eigenvalue weighted by Gasteiger charge is 2.19. The molecule has 0 saturated heterocycles. The monoisotopic (exact) mass is 272 g/mol. The number of rotatable bonds is 1. The Balaban J connectivity index is 2.63. The molecule has 0 aliphatic heterocycles. The van der Waals surface area contributed by atoms with Crippen molar-refractivity contribution in [3.8, 4) is 11.5 Å². The van der Waals surface area contributed by atoms with Crippen LogP contribution in [-0.4, -0.2) is 10.7 Å². The van der Waals surface area contributed by atoms with Crippen molar-refractivity contribution in [2.75, 3.05) is 0 Å². The molecule has 108 valence electrons. The second-order valence-corrected chi connectivity index (χ2v) is 7.34.